The fourth-order valence-electron chi connectivity index (χ4n) is 0.687. The zero-order valence-corrected chi connectivity index (χ0v) is 6.11. The summed E-state index contributed by atoms with van der Waals surface area (Å²) in [5, 5.41) is 12.0. The van der Waals surface area contributed by atoms with Crippen molar-refractivity contribution in [1.82, 2.24) is 9.78 Å². The minimum absolute atomic E-state index is 0. The summed E-state index contributed by atoms with van der Waals surface area (Å²) in [5.41, 5.74) is 1.24. The first-order valence-electron chi connectivity index (χ1n) is 3.00. The maximum absolute atomic E-state index is 11.7. The second-order valence-electron chi connectivity index (χ2n) is 2.02. The van der Waals surface area contributed by atoms with Crippen LogP contribution in [0.3, 0.4) is 0 Å². The smallest absolute Gasteiger partial charge is 0.257 e. The Morgan fingerprint density at radius 1 is 1.67 bits per heavy atom. The number of hydrogen-bond acceptors (Lipinski definition) is 2. The number of alkyl halides is 2. The molecule has 0 saturated carbocycles. The van der Waals surface area contributed by atoms with Crippen LogP contribution in [0.5, 0.6) is 0 Å². The van der Waals surface area contributed by atoms with E-state index in [4.69, 9.17) is 5.21 Å². The standard InChI is InChI=1S/C5H7F2N3O.H2O/c6-5(7)3-10-2-4(9-11)1-8-10;/h1-2,5,9,11H,3H2;1H2/p+1. The summed E-state index contributed by atoms with van der Waals surface area (Å²) in [6.07, 6.45) is 0.232. The predicted octanol–water partition coefficient (Wildman–Crippen LogP) is -1.09. The highest BCUT2D eigenvalue weighted by Crippen LogP contribution is 2.00. The number of quaternary nitrogens is 1. The van der Waals surface area contributed by atoms with E-state index in [2.05, 4.69) is 5.10 Å². The van der Waals surface area contributed by atoms with Gasteiger partial charge in [0, 0.05) is 0 Å². The van der Waals surface area contributed by atoms with E-state index < -0.39 is 13.0 Å². The second kappa shape index (κ2) is 4.75. The highest BCUT2D eigenvalue weighted by molar-refractivity contribution is 5.18. The summed E-state index contributed by atoms with van der Waals surface area (Å²) in [6.45, 7) is -0.437. The van der Waals surface area contributed by atoms with Crippen LogP contribution in [0, 0.1) is 0 Å². The molecule has 0 aliphatic carbocycles. The van der Waals surface area contributed by atoms with Crippen molar-refractivity contribution in [3.8, 4) is 0 Å². The van der Waals surface area contributed by atoms with Gasteiger partial charge in [0.1, 0.15) is 12.7 Å². The Bertz CT molecular complexity index is 228. The van der Waals surface area contributed by atoms with E-state index in [0.29, 0.717) is 5.69 Å². The van der Waals surface area contributed by atoms with Gasteiger partial charge in [-0.1, -0.05) is 0 Å². The van der Waals surface area contributed by atoms with Gasteiger partial charge in [0.15, 0.2) is 5.69 Å². The van der Waals surface area contributed by atoms with Gasteiger partial charge in [0.25, 0.3) is 6.43 Å². The Kier molecular flexibility index (Phi) is 4.34. The third-order valence-corrected chi connectivity index (χ3v) is 1.13. The molecule has 1 heterocycles. The van der Waals surface area contributed by atoms with Crippen LogP contribution in [0.25, 0.3) is 0 Å². The zero-order chi connectivity index (χ0) is 8.27. The van der Waals surface area contributed by atoms with Crippen molar-refractivity contribution in [3.63, 3.8) is 0 Å². The Labute approximate surface area is 66.9 Å². The molecule has 1 rings (SSSR count). The van der Waals surface area contributed by atoms with Gasteiger partial charge in [-0.05, 0) is 0 Å². The van der Waals surface area contributed by atoms with E-state index in [1.165, 1.54) is 12.4 Å². The Balaban J connectivity index is 0.00000121. The molecule has 0 radical (unpaired) electrons. The van der Waals surface area contributed by atoms with Crippen molar-refractivity contribution in [2.75, 3.05) is 0 Å². The minimum atomic E-state index is -2.42. The monoisotopic (exact) mass is 182 g/mol. The maximum atomic E-state index is 11.7. The first-order valence-corrected chi connectivity index (χ1v) is 3.00. The van der Waals surface area contributed by atoms with Crippen molar-refractivity contribution in [1.29, 1.82) is 0 Å². The molecule has 0 aromatic carbocycles. The van der Waals surface area contributed by atoms with Crippen molar-refractivity contribution >= 4 is 5.69 Å². The average Bonchev–Trinajstić information content (AvgIpc) is 2.34. The molecule has 0 unspecified atom stereocenters. The average molecular weight is 182 g/mol. The van der Waals surface area contributed by atoms with Crippen LogP contribution in [0.2, 0.25) is 0 Å². The number of nitrogens with two attached hydrogens (primary N) is 1. The highest BCUT2D eigenvalue weighted by atomic mass is 19.3. The second-order valence-corrected chi connectivity index (χ2v) is 2.02. The Morgan fingerprint density at radius 3 is 2.75 bits per heavy atom. The molecule has 0 saturated heterocycles. The number of hydrogen-bond donors (Lipinski definition) is 2. The lowest BCUT2D eigenvalue weighted by molar-refractivity contribution is -0.825. The lowest BCUT2D eigenvalue weighted by Gasteiger charge is -1.96. The third kappa shape index (κ3) is 2.91. The lowest BCUT2D eigenvalue weighted by Crippen LogP contribution is -2.73. The van der Waals surface area contributed by atoms with E-state index in [1.807, 2.05) is 0 Å². The fourth-order valence-corrected chi connectivity index (χ4v) is 0.687. The highest BCUT2D eigenvalue weighted by Gasteiger charge is 2.06. The molecule has 0 aliphatic heterocycles. The molecule has 7 heteroatoms. The molecule has 0 aliphatic rings. The van der Waals surface area contributed by atoms with Crippen LogP contribution in [-0.4, -0.2) is 26.9 Å². The van der Waals surface area contributed by atoms with Crippen molar-refractivity contribution in [2.24, 2.45) is 0 Å². The molecule has 1 aromatic heterocycles. The zero-order valence-electron chi connectivity index (χ0n) is 6.11. The molecule has 70 valence electrons. The Hall–Kier alpha value is -1.05. The van der Waals surface area contributed by atoms with Gasteiger partial charge >= 0.3 is 0 Å². The fraction of sp³-hybridized carbons (Fsp3) is 0.400. The van der Waals surface area contributed by atoms with E-state index in [1.54, 1.807) is 0 Å². The molecule has 0 bridgehead atoms. The van der Waals surface area contributed by atoms with Crippen LogP contribution < -0.4 is 5.48 Å². The lowest BCUT2D eigenvalue weighted by atomic mass is 10.6. The molecule has 5 nitrogen and oxygen atoms in total. The molecular formula is C5H10F2N3O2+. The number of aromatic nitrogens is 2. The summed E-state index contributed by atoms with van der Waals surface area (Å²) in [5.74, 6) is 0. The summed E-state index contributed by atoms with van der Waals surface area (Å²) < 4.78 is 24.5. The van der Waals surface area contributed by atoms with Crippen LogP contribution in [0.1, 0.15) is 0 Å². The summed E-state index contributed by atoms with van der Waals surface area (Å²) in [7, 11) is 0. The minimum Gasteiger partial charge on any atom is -0.412 e. The number of nitrogens with zero attached hydrogens (tertiary/aromatic N) is 2. The van der Waals surface area contributed by atoms with Crippen molar-refractivity contribution in [3.05, 3.63) is 12.4 Å². The van der Waals surface area contributed by atoms with Crippen LogP contribution in [-0.2, 0) is 6.54 Å². The normalized spacial score (nSPS) is 10.0. The van der Waals surface area contributed by atoms with Gasteiger partial charge in [-0.15, -0.1) is 0 Å². The van der Waals surface area contributed by atoms with Gasteiger partial charge in [-0.2, -0.15) is 10.6 Å². The predicted molar refractivity (Wildman–Crippen MR) is 35.2 cm³/mol. The molecule has 0 amide bonds. The van der Waals surface area contributed by atoms with Gasteiger partial charge in [-0.3, -0.25) is 4.68 Å². The van der Waals surface area contributed by atoms with Gasteiger partial charge in [0.05, 0.1) is 6.20 Å². The first-order chi connectivity index (χ1) is 5.22. The Morgan fingerprint density at radius 2 is 2.33 bits per heavy atom. The van der Waals surface area contributed by atoms with Gasteiger partial charge in [-0.25, -0.2) is 14.0 Å². The largest absolute Gasteiger partial charge is 0.412 e. The molecule has 0 spiro atoms. The molecule has 0 fully saturated rings. The van der Waals surface area contributed by atoms with E-state index in [9.17, 15) is 8.78 Å². The molecule has 12 heavy (non-hydrogen) atoms. The van der Waals surface area contributed by atoms with Gasteiger partial charge < -0.3 is 5.48 Å². The molecule has 0 atom stereocenters. The van der Waals surface area contributed by atoms with Crippen LogP contribution in [0.15, 0.2) is 12.4 Å². The van der Waals surface area contributed by atoms with E-state index in [0.717, 1.165) is 10.2 Å². The molecular weight excluding hydrogens is 172 g/mol. The quantitative estimate of drug-likeness (QED) is 0.582. The molecule has 5 N–H and O–H groups in total. The van der Waals surface area contributed by atoms with Crippen molar-refractivity contribution in [2.45, 2.75) is 13.0 Å². The van der Waals surface area contributed by atoms with E-state index in [-0.39, 0.29) is 5.48 Å². The summed E-state index contributed by atoms with van der Waals surface area (Å²) in [6, 6.07) is 0. The van der Waals surface area contributed by atoms with Crippen molar-refractivity contribution < 1.29 is 24.9 Å². The van der Waals surface area contributed by atoms with Crippen LogP contribution in [0.4, 0.5) is 14.5 Å². The maximum Gasteiger partial charge on any atom is 0.257 e. The SMILES string of the molecule is O.O[NH2+]c1cnn(CC(F)F)c1. The van der Waals surface area contributed by atoms with Gasteiger partial charge in [0.2, 0.25) is 0 Å². The first kappa shape index (κ1) is 11.0. The summed E-state index contributed by atoms with van der Waals surface area (Å²) >= 11 is 0. The van der Waals surface area contributed by atoms with Crippen LogP contribution >= 0.6 is 0 Å². The number of rotatable bonds is 3. The third-order valence-electron chi connectivity index (χ3n) is 1.13. The topological polar surface area (TPSA) is 86.2 Å². The van der Waals surface area contributed by atoms with E-state index >= 15 is 0 Å². The number of halogens is 2. The molecule has 1 aromatic rings. The summed E-state index contributed by atoms with van der Waals surface area (Å²) in [4.78, 5) is 0.